The lowest BCUT2D eigenvalue weighted by molar-refractivity contribution is 0.0698. The van der Waals surface area contributed by atoms with E-state index in [1.54, 1.807) is 18.2 Å². The average molecular weight is 361 g/mol. The van der Waals surface area contributed by atoms with Gasteiger partial charge in [0.05, 0.1) is 11.3 Å². The summed E-state index contributed by atoms with van der Waals surface area (Å²) < 4.78 is 28.7. The Balaban J connectivity index is 2.04. The van der Waals surface area contributed by atoms with Gasteiger partial charge in [0.2, 0.25) is 0 Å². The van der Waals surface area contributed by atoms with Crippen LogP contribution in [0.4, 0.5) is 5.69 Å². The Morgan fingerprint density at radius 1 is 1.08 bits per heavy atom. The van der Waals surface area contributed by atoms with E-state index in [0.29, 0.717) is 0 Å². The van der Waals surface area contributed by atoms with Crippen molar-refractivity contribution in [3.8, 4) is 0 Å². The molecule has 0 radical (unpaired) electrons. The lowest BCUT2D eigenvalue weighted by Gasteiger charge is -2.08. The molecular formula is C17H15NO4S2. The molecule has 2 aromatic carbocycles. The Morgan fingerprint density at radius 2 is 1.75 bits per heavy atom. The van der Waals surface area contributed by atoms with Gasteiger partial charge >= 0.3 is 5.97 Å². The molecule has 0 spiro atoms. The number of thiophene rings is 1. The van der Waals surface area contributed by atoms with Crippen LogP contribution >= 0.6 is 11.3 Å². The summed E-state index contributed by atoms with van der Waals surface area (Å²) in [5.41, 5.74) is 2.15. The highest BCUT2D eigenvalue weighted by atomic mass is 32.2. The lowest BCUT2D eigenvalue weighted by atomic mass is 10.1. The summed E-state index contributed by atoms with van der Waals surface area (Å²) in [5.74, 6) is -1.18. The Bertz CT molecular complexity index is 1010. The predicted octanol–water partition coefficient (Wildman–Crippen LogP) is 4.02. The number of rotatable bonds is 4. The van der Waals surface area contributed by atoms with Crippen LogP contribution in [0.25, 0.3) is 10.1 Å². The number of hydrogen-bond acceptors (Lipinski definition) is 4. The number of para-hydroxylation sites is 1. The summed E-state index contributed by atoms with van der Waals surface area (Å²) in [5, 5.41) is 10.0. The maximum atomic E-state index is 12.6. The summed E-state index contributed by atoms with van der Waals surface area (Å²) >= 11 is 1.16. The van der Waals surface area contributed by atoms with Gasteiger partial charge in [-0.05, 0) is 54.6 Å². The first-order valence-corrected chi connectivity index (χ1v) is 9.44. The molecule has 1 heterocycles. The van der Waals surface area contributed by atoms with Gasteiger partial charge in [-0.3, -0.25) is 4.72 Å². The summed E-state index contributed by atoms with van der Waals surface area (Å²) in [6.07, 6.45) is 0. The zero-order valence-electron chi connectivity index (χ0n) is 13.0. The normalized spacial score (nSPS) is 11.6. The summed E-state index contributed by atoms with van der Waals surface area (Å²) in [6, 6.07) is 11.4. The van der Waals surface area contributed by atoms with Crippen molar-refractivity contribution in [2.45, 2.75) is 18.1 Å². The maximum Gasteiger partial charge on any atom is 0.337 e. The Labute approximate surface area is 143 Å². The molecule has 5 nitrogen and oxygen atoms in total. The molecule has 0 fully saturated rings. The number of aryl methyl sites for hydroxylation is 2. The molecule has 124 valence electrons. The third-order valence-corrected chi connectivity index (χ3v) is 6.71. The molecule has 3 aromatic rings. The van der Waals surface area contributed by atoms with Gasteiger partial charge in [0.25, 0.3) is 10.0 Å². The molecule has 7 heteroatoms. The molecule has 0 aliphatic carbocycles. The number of carboxylic acids is 1. The maximum absolute atomic E-state index is 12.6. The SMILES string of the molecule is Cc1cc2cc(S(=O)(=O)Nc3ccccc3C(=O)O)sc2cc1C. The first-order valence-electron chi connectivity index (χ1n) is 7.14. The van der Waals surface area contributed by atoms with Crippen LogP contribution in [0.5, 0.6) is 0 Å². The second-order valence-electron chi connectivity index (χ2n) is 5.50. The molecule has 0 atom stereocenters. The number of hydrogen-bond donors (Lipinski definition) is 2. The van der Waals surface area contributed by atoms with Crippen LogP contribution < -0.4 is 4.72 Å². The minimum absolute atomic E-state index is 0.0508. The molecule has 24 heavy (non-hydrogen) atoms. The fourth-order valence-electron chi connectivity index (χ4n) is 2.36. The zero-order chi connectivity index (χ0) is 17.5. The number of fused-ring (bicyclic) bond motifs is 1. The zero-order valence-corrected chi connectivity index (χ0v) is 14.7. The largest absolute Gasteiger partial charge is 0.478 e. The van der Waals surface area contributed by atoms with Gasteiger partial charge < -0.3 is 5.11 Å². The summed E-state index contributed by atoms with van der Waals surface area (Å²) in [4.78, 5) is 11.2. The smallest absolute Gasteiger partial charge is 0.337 e. The van der Waals surface area contributed by atoms with E-state index in [9.17, 15) is 18.3 Å². The van der Waals surface area contributed by atoms with Crippen LogP contribution in [0.1, 0.15) is 21.5 Å². The second kappa shape index (κ2) is 5.92. The summed E-state index contributed by atoms with van der Waals surface area (Å²) in [6.45, 7) is 3.95. The number of aromatic carboxylic acids is 1. The highest BCUT2D eigenvalue weighted by Gasteiger charge is 2.20. The van der Waals surface area contributed by atoms with Crippen molar-refractivity contribution in [2.24, 2.45) is 0 Å². The highest BCUT2D eigenvalue weighted by molar-refractivity contribution is 7.94. The van der Waals surface area contributed by atoms with Gasteiger partial charge in [0, 0.05) is 4.70 Å². The predicted molar refractivity (Wildman–Crippen MR) is 95.5 cm³/mol. The van der Waals surface area contributed by atoms with Crippen molar-refractivity contribution in [2.75, 3.05) is 4.72 Å². The van der Waals surface area contributed by atoms with Crippen LogP contribution in [-0.2, 0) is 10.0 Å². The molecule has 3 rings (SSSR count). The van der Waals surface area contributed by atoms with E-state index >= 15 is 0 Å². The molecule has 2 N–H and O–H groups in total. The van der Waals surface area contributed by atoms with Gasteiger partial charge in [-0.2, -0.15) is 0 Å². The molecule has 0 saturated carbocycles. The van der Waals surface area contributed by atoms with Crippen molar-refractivity contribution in [3.63, 3.8) is 0 Å². The average Bonchev–Trinajstić information content (AvgIpc) is 2.91. The van der Waals surface area contributed by atoms with Crippen LogP contribution in [0.2, 0.25) is 0 Å². The number of anilines is 1. The highest BCUT2D eigenvalue weighted by Crippen LogP contribution is 2.32. The molecule has 0 aliphatic rings. The number of benzene rings is 2. The molecule has 1 aromatic heterocycles. The number of sulfonamides is 1. The van der Waals surface area contributed by atoms with Crippen molar-refractivity contribution in [1.82, 2.24) is 0 Å². The van der Waals surface area contributed by atoms with Gasteiger partial charge in [0.1, 0.15) is 4.21 Å². The number of carbonyl (C=O) groups is 1. The van der Waals surface area contributed by atoms with Crippen molar-refractivity contribution < 1.29 is 18.3 Å². The van der Waals surface area contributed by atoms with Crippen molar-refractivity contribution >= 4 is 43.1 Å². The van der Waals surface area contributed by atoms with E-state index in [-0.39, 0.29) is 15.5 Å². The number of nitrogens with one attached hydrogen (secondary N) is 1. The fourth-order valence-corrected chi connectivity index (χ4v) is 4.92. The molecular weight excluding hydrogens is 346 g/mol. The van der Waals surface area contributed by atoms with Gasteiger partial charge in [-0.15, -0.1) is 11.3 Å². The Morgan fingerprint density at radius 3 is 2.46 bits per heavy atom. The molecule has 0 amide bonds. The van der Waals surface area contributed by atoms with E-state index < -0.39 is 16.0 Å². The second-order valence-corrected chi connectivity index (χ2v) is 8.49. The van der Waals surface area contributed by atoms with E-state index in [4.69, 9.17) is 0 Å². The number of carboxylic acid groups (broad SMARTS) is 1. The minimum atomic E-state index is -3.85. The lowest BCUT2D eigenvalue weighted by Crippen LogP contribution is -2.14. The quantitative estimate of drug-likeness (QED) is 0.735. The van der Waals surface area contributed by atoms with E-state index in [1.807, 2.05) is 26.0 Å². The summed E-state index contributed by atoms with van der Waals surface area (Å²) in [7, 11) is -3.85. The minimum Gasteiger partial charge on any atom is -0.478 e. The molecule has 0 saturated heterocycles. The van der Waals surface area contributed by atoms with Gasteiger partial charge in [-0.1, -0.05) is 18.2 Å². The van der Waals surface area contributed by atoms with Crippen molar-refractivity contribution in [1.29, 1.82) is 0 Å². The van der Waals surface area contributed by atoms with Gasteiger partial charge in [-0.25, -0.2) is 13.2 Å². The van der Waals surface area contributed by atoms with Crippen molar-refractivity contribution in [3.05, 3.63) is 59.2 Å². The van der Waals surface area contributed by atoms with Gasteiger partial charge in [0.15, 0.2) is 0 Å². The monoisotopic (exact) mass is 361 g/mol. The van der Waals surface area contributed by atoms with E-state index in [0.717, 1.165) is 32.5 Å². The third kappa shape index (κ3) is 3.00. The first-order chi connectivity index (χ1) is 11.3. The van der Waals surface area contributed by atoms with E-state index in [1.165, 1.54) is 12.1 Å². The topological polar surface area (TPSA) is 83.5 Å². The van der Waals surface area contributed by atoms with Crippen LogP contribution in [0.3, 0.4) is 0 Å². The van der Waals surface area contributed by atoms with Crippen LogP contribution in [0, 0.1) is 13.8 Å². The molecule has 0 aliphatic heterocycles. The Kier molecular flexibility index (Phi) is 4.06. The molecule has 0 bridgehead atoms. The first kappa shape index (κ1) is 16.5. The standard InChI is InChI=1S/C17H15NO4S2/c1-10-7-12-9-16(23-15(12)8-11(10)2)24(21,22)18-14-6-4-3-5-13(14)17(19)20/h3-9,18H,1-2H3,(H,19,20). The van der Waals surface area contributed by atoms with Crippen LogP contribution in [0.15, 0.2) is 46.7 Å². The Hall–Kier alpha value is -2.38. The van der Waals surface area contributed by atoms with E-state index in [2.05, 4.69) is 4.72 Å². The third-order valence-electron chi connectivity index (χ3n) is 3.78. The fraction of sp³-hybridized carbons (Fsp3) is 0.118. The molecule has 0 unspecified atom stereocenters. The van der Waals surface area contributed by atoms with Crippen LogP contribution in [-0.4, -0.2) is 19.5 Å².